The molecule has 0 fully saturated rings. The maximum Gasteiger partial charge on any atom is 0.213 e. The Balaban J connectivity index is 3.84. The quantitative estimate of drug-likeness (QED) is 0.613. The van der Waals surface area contributed by atoms with Gasteiger partial charge in [-0.25, -0.2) is 12.7 Å². The first-order valence-corrected chi connectivity index (χ1v) is 8.18. The molecule has 0 radical (unpaired) electrons. The van der Waals surface area contributed by atoms with Crippen molar-refractivity contribution >= 4 is 21.8 Å². The third-order valence-corrected chi connectivity index (χ3v) is 4.62. The molecule has 0 aromatic rings. The Bertz CT molecular complexity index is 242. The van der Waals surface area contributed by atoms with Crippen molar-refractivity contribution in [3.63, 3.8) is 0 Å². The van der Waals surface area contributed by atoms with Crippen LogP contribution in [0, 0.1) is 0 Å². The monoisotopic (exact) mass is 254 g/mol. The average Bonchev–Trinajstić information content (AvgIpc) is 2.21. The second-order valence-corrected chi connectivity index (χ2v) is 6.52. The molecular weight excluding hydrogens is 232 g/mol. The predicted octanol–water partition coefficient (Wildman–Crippen LogP) is 0.611. The first-order valence-electron chi connectivity index (χ1n) is 5.18. The first-order chi connectivity index (χ1) is 7.04. The lowest BCUT2D eigenvalue weighted by atomic mass is 10.5. The molecule has 0 rings (SSSR count). The minimum absolute atomic E-state index is 0.241. The van der Waals surface area contributed by atoms with Gasteiger partial charge in [0.15, 0.2) is 0 Å². The van der Waals surface area contributed by atoms with Crippen LogP contribution in [0.25, 0.3) is 0 Å². The van der Waals surface area contributed by atoms with Gasteiger partial charge < -0.3 is 5.32 Å². The maximum atomic E-state index is 11.7. The van der Waals surface area contributed by atoms with Gasteiger partial charge in [-0.05, 0) is 25.8 Å². The van der Waals surface area contributed by atoms with Gasteiger partial charge in [0.25, 0.3) is 0 Å². The lowest BCUT2D eigenvalue weighted by Gasteiger charge is -2.16. The summed E-state index contributed by atoms with van der Waals surface area (Å²) in [6.07, 6.45) is 2.66. The third-order valence-electron chi connectivity index (χ3n) is 2.09. The lowest BCUT2D eigenvalue weighted by molar-refractivity contribution is 0.486. The highest BCUT2D eigenvalue weighted by molar-refractivity contribution is 7.98. The zero-order valence-electron chi connectivity index (χ0n) is 9.82. The largest absolute Gasteiger partial charge is 0.317 e. The van der Waals surface area contributed by atoms with E-state index in [1.165, 1.54) is 4.31 Å². The zero-order valence-corrected chi connectivity index (χ0v) is 11.5. The smallest absolute Gasteiger partial charge is 0.213 e. The van der Waals surface area contributed by atoms with E-state index in [1.54, 1.807) is 18.8 Å². The van der Waals surface area contributed by atoms with Gasteiger partial charge in [-0.2, -0.15) is 11.8 Å². The van der Waals surface area contributed by atoms with Gasteiger partial charge in [0.1, 0.15) is 0 Å². The highest BCUT2D eigenvalue weighted by atomic mass is 32.2. The Morgan fingerprint density at radius 3 is 2.60 bits per heavy atom. The highest BCUT2D eigenvalue weighted by Crippen LogP contribution is 2.02. The van der Waals surface area contributed by atoms with Crippen molar-refractivity contribution in [2.24, 2.45) is 0 Å². The fourth-order valence-corrected chi connectivity index (χ4v) is 2.83. The van der Waals surface area contributed by atoms with E-state index in [1.807, 2.05) is 13.2 Å². The molecule has 0 aromatic heterocycles. The van der Waals surface area contributed by atoms with Crippen LogP contribution in [-0.4, -0.2) is 57.2 Å². The van der Waals surface area contributed by atoms with Crippen LogP contribution in [0.15, 0.2) is 0 Å². The van der Waals surface area contributed by atoms with E-state index in [0.717, 1.165) is 18.8 Å². The third kappa shape index (κ3) is 7.16. The number of sulfonamides is 1. The molecule has 0 aromatic carbocycles. The van der Waals surface area contributed by atoms with Gasteiger partial charge in [0.05, 0.1) is 5.75 Å². The summed E-state index contributed by atoms with van der Waals surface area (Å²) in [4.78, 5) is 0. The van der Waals surface area contributed by atoms with Crippen LogP contribution < -0.4 is 5.32 Å². The molecule has 0 amide bonds. The van der Waals surface area contributed by atoms with Crippen molar-refractivity contribution in [1.29, 1.82) is 0 Å². The molecule has 4 nitrogen and oxygen atoms in total. The van der Waals surface area contributed by atoms with E-state index in [2.05, 4.69) is 5.32 Å². The number of nitrogens with zero attached hydrogens (tertiary/aromatic N) is 1. The molecule has 6 heteroatoms. The van der Waals surface area contributed by atoms with Gasteiger partial charge in [0, 0.05) is 19.3 Å². The molecule has 0 aliphatic carbocycles. The number of hydrogen-bond acceptors (Lipinski definition) is 4. The average molecular weight is 254 g/mol. The van der Waals surface area contributed by atoms with Gasteiger partial charge in [0.2, 0.25) is 10.0 Å². The van der Waals surface area contributed by atoms with Crippen LogP contribution >= 0.6 is 11.8 Å². The fraction of sp³-hybridized carbons (Fsp3) is 1.00. The van der Waals surface area contributed by atoms with Crippen LogP contribution in [0.5, 0.6) is 0 Å². The molecule has 0 bridgehead atoms. The van der Waals surface area contributed by atoms with E-state index < -0.39 is 10.0 Å². The van der Waals surface area contributed by atoms with Crippen LogP contribution in [0.2, 0.25) is 0 Å². The van der Waals surface area contributed by atoms with Crippen molar-refractivity contribution in [3.05, 3.63) is 0 Å². The van der Waals surface area contributed by atoms with Crippen LogP contribution in [-0.2, 0) is 10.0 Å². The van der Waals surface area contributed by atoms with Gasteiger partial charge in [-0.15, -0.1) is 0 Å². The molecule has 0 aliphatic heterocycles. The zero-order chi connectivity index (χ0) is 11.7. The second kappa shape index (κ2) is 8.38. The molecule has 92 valence electrons. The summed E-state index contributed by atoms with van der Waals surface area (Å²) in [7, 11) is -1.38. The SMILES string of the molecule is CCNCCCS(=O)(=O)N(C)CCSC. The van der Waals surface area contributed by atoms with Crippen molar-refractivity contribution in [2.75, 3.05) is 44.4 Å². The maximum absolute atomic E-state index is 11.7. The molecule has 0 aliphatic rings. The number of hydrogen-bond donors (Lipinski definition) is 1. The first kappa shape index (κ1) is 15.2. The minimum atomic E-state index is -3.03. The summed E-state index contributed by atoms with van der Waals surface area (Å²) < 4.78 is 24.8. The van der Waals surface area contributed by atoms with Crippen molar-refractivity contribution in [1.82, 2.24) is 9.62 Å². The van der Waals surface area contributed by atoms with Gasteiger partial charge >= 0.3 is 0 Å². The molecule has 0 saturated carbocycles. The van der Waals surface area contributed by atoms with E-state index in [9.17, 15) is 8.42 Å². The normalized spacial score (nSPS) is 12.3. The number of nitrogens with one attached hydrogen (secondary N) is 1. The number of rotatable bonds is 9. The van der Waals surface area contributed by atoms with Crippen molar-refractivity contribution in [3.8, 4) is 0 Å². The van der Waals surface area contributed by atoms with E-state index in [0.29, 0.717) is 13.0 Å². The summed E-state index contributed by atoms with van der Waals surface area (Å²) >= 11 is 1.66. The number of thioether (sulfide) groups is 1. The summed E-state index contributed by atoms with van der Waals surface area (Å²) in [5.41, 5.74) is 0. The van der Waals surface area contributed by atoms with Crippen molar-refractivity contribution < 1.29 is 8.42 Å². The van der Waals surface area contributed by atoms with E-state index >= 15 is 0 Å². The Morgan fingerprint density at radius 2 is 2.07 bits per heavy atom. The summed E-state index contributed by atoms with van der Waals surface area (Å²) in [5, 5.41) is 3.12. The fourth-order valence-electron chi connectivity index (χ4n) is 1.07. The molecule has 0 unspecified atom stereocenters. The Morgan fingerprint density at radius 1 is 1.40 bits per heavy atom. The predicted molar refractivity (Wildman–Crippen MR) is 68.0 cm³/mol. The van der Waals surface area contributed by atoms with Crippen LogP contribution in [0.3, 0.4) is 0 Å². The molecule has 0 heterocycles. The Kier molecular flexibility index (Phi) is 8.50. The van der Waals surface area contributed by atoms with Gasteiger partial charge in [-0.1, -0.05) is 6.92 Å². The second-order valence-electron chi connectivity index (χ2n) is 3.34. The highest BCUT2D eigenvalue weighted by Gasteiger charge is 2.16. The molecule has 15 heavy (non-hydrogen) atoms. The summed E-state index contributed by atoms with van der Waals surface area (Å²) in [6.45, 7) is 4.28. The topological polar surface area (TPSA) is 49.4 Å². The van der Waals surface area contributed by atoms with E-state index in [4.69, 9.17) is 0 Å². The van der Waals surface area contributed by atoms with Crippen LogP contribution in [0.1, 0.15) is 13.3 Å². The Labute approximate surface area is 97.9 Å². The Hall–Kier alpha value is 0.220. The van der Waals surface area contributed by atoms with Crippen molar-refractivity contribution in [2.45, 2.75) is 13.3 Å². The van der Waals surface area contributed by atoms with E-state index in [-0.39, 0.29) is 5.75 Å². The van der Waals surface area contributed by atoms with Gasteiger partial charge in [-0.3, -0.25) is 0 Å². The molecule has 0 atom stereocenters. The standard InChI is InChI=1S/C9H22N2O2S2/c1-4-10-6-5-9-15(12,13)11(2)7-8-14-3/h10H,4-9H2,1-3H3. The molecule has 0 spiro atoms. The lowest BCUT2D eigenvalue weighted by Crippen LogP contribution is -2.32. The van der Waals surface area contributed by atoms with Crippen LogP contribution in [0.4, 0.5) is 0 Å². The molecular formula is C9H22N2O2S2. The summed E-state index contributed by atoms with van der Waals surface area (Å²) in [6, 6.07) is 0. The minimum Gasteiger partial charge on any atom is -0.317 e. The molecule has 1 N–H and O–H groups in total. The molecule has 0 saturated heterocycles. The summed E-state index contributed by atoms with van der Waals surface area (Å²) in [5.74, 6) is 1.09.